The number of carboxylic acid groups (broad SMARTS) is 4. The van der Waals surface area contributed by atoms with Crippen LogP contribution in [0.5, 0.6) is 0 Å². The lowest BCUT2D eigenvalue weighted by atomic mass is 9.84. The number of carboxylic acids is 4. The predicted octanol–water partition coefficient (Wildman–Crippen LogP) is -2.91. The molecule has 23 nitrogen and oxygen atoms in total. The maximum atomic E-state index is 13.4. The average molecular weight is 860 g/mol. The summed E-state index contributed by atoms with van der Waals surface area (Å²) in [5, 5.41) is 61.3. The van der Waals surface area contributed by atoms with Gasteiger partial charge in [-0.25, -0.2) is 4.79 Å². The number of amides is 7. The molecular formula is C35H53N7O16S. The fourth-order valence-corrected chi connectivity index (χ4v) is 7.63. The van der Waals surface area contributed by atoms with Gasteiger partial charge in [-0.2, -0.15) is 0 Å². The standard InChI is InChI=1S/C35H53N7O16S/c1-17(43)29(33(55)36-14-25(45)38-20(8-10-26(46)47)30(52)40-23(35(57)58)12-19-6-4-3-5-7-19)41-31(53)21(9-11-27(48)49)39-32(54)24-15-59-16-42(24)34(56)22(13-28(50)51)37-18(2)44/h17,19-24,29,43H,3-16H2,1-2H3,(H,36,55)(H,37,44)(H,38,45)(H,39,54)(H,40,52)(H,41,53)(H,46,47)(H,48,49)(H,50,51)(H,57,58)/t17-,20+,21+,22+,23+,24+,29+/m1/s1. The molecule has 0 aromatic rings. The first-order chi connectivity index (χ1) is 27.7. The van der Waals surface area contributed by atoms with E-state index >= 15 is 0 Å². The van der Waals surface area contributed by atoms with E-state index in [2.05, 4.69) is 31.9 Å². The monoisotopic (exact) mass is 859 g/mol. The third kappa shape index (κ3) is 17.5. The van der Waals surface area contributed by atoms with Crippen molar-refractivity contribution in [2.75, 3.05) is 18.2 Å². The molecule has 2 rings (SSSR count). The normalized spacial score (nSPS) is 18.4. The first-order valence-corrected chi connectivity index (χ1v) is 20.0. The molecule has 1 saturated heterocycles. The van der Waals surface area contributed by atoms with E-state index in [0.29, 0.717) is 0 Å². The molecular weight excluding hydrogens is 806 g/mol. The summed E-state index contributed by atoms with van der Waals surface area (Å²) in [5.74, 6) is -12.3. The zero-order valence-corrected chi connectivity index (χ0v) is 33.4. The second-order valence-corrected chi connectivity index (χ2v) is 15.3. The quantitative estimate of drug-likeness (QED) is 0.0463. The molecule has 0 radical (unpaired) electrons. The topological polar surface area (TPSA) is 364 Å². The Hall–Kier alpha value is -5.52. The van der Waals surface area contributed by atoms with Gasteiger partial charge in [0.25, 0.3) is 0 Å². The average Bonchev–Trinajstić information content (AvgIpc) is 3.65. The Morgan fingerprint density at radius 3 is 1.80 bits per heavy atom. The van der Waals surface area contributed by atoms with Gasteiger partial charge in [-0.3, -0.25) is 47.9 Å². The number of carbonyl (C=O) groups excluding carboxylic acids is 7. The molecule has 330 valence electrons. The highest BCUT2D eigenvalue weighted by Crippen LogP contribution is 2.27. The number of thioether (sulfide) groups is 1. The molecule has 0 aromatic heterocycles. The minimum Gasteiger partial charge on any atom is -0.481 e. The van der Waals surface area contributed by atoms with Gasteiger partial charge >= 0.3 is 23.9 Å². The number of nitrogens with one attached hydrogen (secondary N) is 6. The van der Waals surface area contributed by atoms with Crippen molar-refractivity contribution in [3.8, 4) is 0 Å². The fraction of sp³-hybridized carbons (Fsp3) is 0.686. The molecule has 59 heavy (non-hydrogen) atoms. The Morgan fingerprint density at radius 1 is 0.695 bits per heavy atom. The van der Waals surface area contributed by atoms with Crippen LogP contribution in [0.3, 0.4) is 0 Å². The van der Waals surface area contributed by atoms with Gasteiger partial charge < -0.3 is 62.3 Å². The van der Waals surface area contributed by atoms with Crippen molar-refractivity contribution < 1.29 is 78.3 Å². The van der Waals surface area contributed by atoms with Crippen molar-refractivity contribution in [2.24, 2.45) is 5.92 Å². The number of hydrogen-bond donors (Lipinski definition) is 11. The summed E-state index contributed by atoms with van der Waals surface area (Å²) in [5.41, 5.74) is 0. The van der Waals surface area contributed by atoms with Gasteiger partial charge in [0.15, 0.2) is 0 Å². The Kier molecular flexibility index (Phi) is 20.5. The van der Waals surface area contributed by atoms with Crippen LogP contribution in [0.1, 0.15) is 84.5 Å². The second kappa shape index (κ2) is 24.4. The number of carbonyl (C=O) groups is 11. The summed E-state index contributed by atoms with van der Waals surface area (Å²) in [6.07, 6.45) is -0.117. The number of aliphatic carboxylic acids is 4. The maximum Gasteiger partial charge on any atom is 0.326 e. The van der Waals surface area contributed by atoms with Gasteiger partial charge in [-0.15, -0.1) is 11.8 Å². The van der Waals surface area contributed by atoms with E-state index in [4.69, 9.17) is 0 Å². The van der Waals surface area contributed by atoms with Gasteiger partial charge in [0.2, 0.25) is 41.4 Å². The second-order valence-electron chi connectivity index (χ2n) is 14.3. The van der Waals surface area contributed by atoms with E-state index in [1.165, 1.54) is 0 Å². The van der Waals surface area contributed by atoms with Crippen molar-refractivity contribution in [1.82, 2.24) is 36.8 Å². The Balaban J connectivity index is 2.13. The molecule has 0 aromatic carbocycles. The lowest BCUT2D eigenvalue weighted by Gasteiger charge is -2.29. The lowest BCUT2D eigenvalue weighted by Crippen LogP contribution is -2.60. The molecule has 0 spiro atoms. The summed E-state index contributed by atoms with van der Waals surface area (Å²) in [7, 11) is 0. The minimum absolute atomic E-state index is 0.0229. The number of hydrogen-bond acceptors (Lipinski definition) is 13. The Bertz CT molecular complexity index is 1570. The zero-order chi connectivity index (χ0) is 44.4. The molecule has 1 saturated carbocycles. The van der Waals surface area contributed by atoms with Crippen LogP contribution in [0.2, 0.25) is 0 Å². The first kappa shape index (κ1) is 49.6. The van der Waals surface area contributed by atoms with Crippen LogP contribution >= 0.6 is 11.8 Å². The maximum absolute atomic E-state index is 13.4. The van der Waals surface area contributed by atoms with Gasteiger partial charge in [0.1, 0.15) is 36.3 Å². The molecule has 7 amide bonds. The van der Waals surface area contributed by atoms with Gasteiger partial charge in [-0.1, -0.05) is 32.1 Å². The van der Waals surface area contributed by atoms with E-state index in [0.717, 1.165) is 62.6 Å². The van der Waals surface area contributed by atoms with Crippen LogP contribution < -0.4 is 31.9 Å². The molecule has 2 fully saturated rings. The molecule has 0 unspecified atom stereocenters. The van der Waals surface area contributed by atoms with Crippen LogP contribution in [-0.2, 0) is 52.7 Å². The highest BCUT2D eigenvalue weighted by atomic mass is 32.2. The van der Waals surface area contributed by atoms with E-state index in [-0.39, 0.29) is 24.0 Å². The first-order valence-electron chi connectivity index (χ1n) is 18.9. The van der Waals surface area contributed by atoms with E-state index in [1.807, 2.05) is 0 Å². The molecule has 24 heteroatoms. The van der Waals surface area contributed by atoms with Gasteiger partial charge in [0.05, 0.1) is 24.9 Å². The number of rotatable bonds is 24. The largest absolute Gasteiger partial charge is 0.481 e. The predicted molar refractivity (Wildman–Crippen MR) is 203 cm³/mol. The van der Waals surface area contributed by atoms with Gasteiger partial charge in [0, 0.05) is 25.5 Å². The summed E-state index contributed by atoms with van der Waals surface area (Å²) in [4.78, 5) is 138. The zero-order valence-electron chi connectivity index (χ0n) is 32.6. The minimum atomic E-state index is -1.81. The highest BCUT2D eigenvalue weighted by molar-refractivity contribution is 7.99. The van der Waals surface area contributed by atoms with Crippen LogP contribution in [0.25, 0.3) is 0 Å². The third-order valence-corrected chi connectivity index (χ3v) is 10.5. The number of aliphatic hydroxyl groups is 1. The van der Waals surface area contributed by atoms with Crippen LogP contribution in [-0.4, -0.2) is 156 Å². The smallest absolute Gasteiger partial charge is 0.326 e. The summed E-state index contributed by atoms with van der Waals surface area (Å²) in [6, 6.07) is -9.11. The molecule has 0 bridgehead atoms. The summed E-state index contributed by atoms with van der Waals surface area (Å²) < 4.78 is 0. The van der Waals surface area contributed by atoms with Crippen LogP contribution in [0.15, 0.2) is 0 Å². The molecule has 1 heterocycles. The Morgan fingerprint density at radius 2 is 1.27 bits per heavy atom. The van der Waals surface area contributed by atoms with Crippen molar-refractivity contribution in [3.05, 3.63) is 0 Å². The third-order valence-electron chi connectivity index (χ3n) is 9.49. The van der Waals surface area contributed by atoms with Crippen molar-refractivity contribution in [2.45, 2.75) is 127 Å². The van der Waals surface area contributed by atoms with Crippen molar-refractivity contribution in [1.29, 1.82) is 0 Å². The van der Waals surface area contributed by atoms with Crippen molar-refractivity contribution >= 4 is 77.0 Å². The highest BCUT2D eigenvalue weighted by Gasteiger charge is 2.40. The van der Waals surface area contributed by atoms with Crippen LogP contribution in [0.4, 0.5) is 0 Å². The molecule has 11 N–H and O–H groups in total. The van der Waals surface area contributed by atoms with E-state index < -0.39 is 146 Å². The molecule has 1 aliphatic carbocycles. The van der Waals surface area contributed by atoms with E-state index in [9.17, 15) is 78.3 Å². The SMILES string of the molecule is CC(=O)N[C@@H](CC(=O)O)C(=O)N1CSC[C@H]1C(=O)N[C@@H](CCC(=O)O)C(=O)N[C@H](C(=O)NCC(=O)N[C@@H](CCC(=O)O)C(=O)N[C@@H](CC1CCCCC1)C(=O)O)[C@@H](C)O. The van der Waals surface area contributed by atoms with Crippen molar-refractivity contribution in [3.63, 3.8) is 0 Å². The summed E-state index contributed by atoms with van der Waals surface area (Å²) in [6.45, 7) is 1.28. The molecule has 1 aliphatic heterocycles. The Labute approximate surface area is 342 Å². The number of nitrogens with zero attached hydrogens (tertiary/aromatic N) is 1. The van der Waals surface area contributed by atoms with Gasteiger partial charge in [-0.05, 0) is 32.1 Å². The molecule has 2 aliphatic rings. The fourth-order valence-electron chi connectivity index (χ4n) is 6.47. The number of aliphatic hydroxyl groups excluding tert-OH is 1. The van der Waals surface area contributed by atoms with Crippen LogP contribution in [0, 0.1) is 5.92 Å². The molecule has 7 atom stereocenters. The summed E-state index contributed by atoms with van der Waals surface area (Å²) >= 11 is 1.10. The van der Waals surface area contributed by atoms with E-state index in [1.54, 1.807) is 0 Å². The lowest BCUT2D eigenvalue weighted by molar-refractivity contribution is -0.146.